The maximum Gasteiger partial charge on any atom is 0.255 e. The highest BCUT2D eigenvalue weighted by atomic mass is 79.9. The van der Waals surface area contributed by atoms with E-state index < -0.39 is 0 Å². The van der Waals surface area contributed by atoms with Crippen molar-refractivity contribution in [2.24, 2.45) is 4.99 Å². The number of carbonyl (C=O) groups is 1. The molecule has 3 aromatic carbocycles. The van der Waals surface area contributed by atoms with Gasteiger partial charge in [-0.15, -0.1) is 0 Å². The van der Waals surface area contributed by atoms with Gasteiger partial charge in [0.05, 0.1) is 21.4 Å². The largest absolute Gasteiger partial charge is 0.321 e. The van der Waals surface area contributed by atoms with Gasteiger partial charge >= 0.3 is 0 Å². The molecule has 3 rings (SSSR count). The Morgan fingerprint density at radius 3 is 2.35 bits per heavy atom. The second kappa shape index (κ2) is 8.49. The molecule has 0 aromatic heterocycles. The summed E-state index contributed by atoms with van der Waals surface area (Å²) in [5.41, 5.74) is 2.43. The van der Waals surface area contributed by atoms with Crippen LogP contribution in [0.1, 0.15) is 15.9 Å². The number of aliphatic imine (C=N–C) groups is 1. The van der Waals surface area contributed by atoms with Crippen LogP contribution in [0.15, 0.2) is 76.2 Å². The van der Waals surface area contributed by atoms with E-state index in [0.29, 0.717) is 27.0 Å². The van der Waals surface area contributed by atoms with E-state index in [9.17, 15) is 4.79 Å². The van der Waals surface area contributed by atoms with Crippen molar-refractivity contribution < 1.29 is 4.79 Å². The van der Waals surface area contributed by atoms with Crippen LogP contribution in [0.3, 0.4) is 0 Å². The lowest BCUT2D eigenvalue weighted by Crippen LogP contribution is -2.11. The molecule has 0 atom stereocenters. The van der Waals surface area contributed by atoms with E-state index in [1.807, 2.05) is 30.3 Å². The molecule has 0 aliphatic heterocycles. The minimum absolute atomic E-state index is 0.255. The van der Waals surface area contributed by atoms with Crippen molar-refractivity contribution in [1.29, 1.82) is 0 Å². The van der Waals surface area contributed by atoms with Gasteiger partial charge in [0.1, 0.15) is 0 Å². The van der Waals surface area contributed by atoms with Gasteiger partial charge in [-0.2, -0.15) is 0 Å². The molecule has 0 saturated carbocycles. The van der Waals surface area contributed by atoms with Gasteiger partial charge in [-0.1, -0.05) is 69.5 Å². The molecule has 0 heterocycles. The molecule has 3 aromatic rings. The highest BCUT2D eigenvalue weighted by Gasteiger charge is 2.11. The first-order chi connectivity index (χ1) is 12.5. The highest BCUT2D eigenvalue weighted by Crippen LogP contribution is 2.34. The van der Waals surface area contributed by atoms with E-state index in [1.165, 1.54) is 0 Å². The summed E-state index contributed by atoms with van der Waals surface area (Å²) in [4.78, 5) is 16.6. The van der Waals surface area contributed by atoms with Crippen molar-refractivity contribution in [2.75, 3.05) is 5.32 Å². The first-order valence-corrected chi connectivity index (χ1v) is 9.23. The summed E-state index contributed by atoms with van der Waals surface area (Å²) in [7, 11) is 0. The Morgan fingerprint density at radius 2 is 1.65 bits per heavy atom. The number of nitrogens with zero attached hydrogens (tertiary/aromatic N) is 1. The number of anilines is 1. The molecule has 6 heteroatoms. The minimum atomic E-state index is -0.255. The number of hydrogen-bond acceptors (Lipinski definition) is 2. The molecule has 0 bridgehead atoms. The Kier molecular flexibility index (Phi) is 6.09. The van der Waals surface area contributed by atoms with Gasteiger partial charge in [0, 0.05) is 16.3 Å². The van der Waals surface area contributed by atoms with E-state index in [-0.39, 0.29) is 5.91 Å². The summed E-state index contributed by atoms with van der Waals surface area (Å²) >= 11 is 16.0. The Morgan fingerprint density at radius 1 is 0.962 bits per heavy atom. The van der Waals surface area contributed by atoms with Gasteiger partial charge in [0.2, 0.25) is 0 Å². The number of halogens is 3. The lowest BCUT2D eigenvalue weighted by molar-refractivity contribution is 0.102. The lowest BCUT2D eigenvalue weighted by Gasteiger charge is -2.09. The summed E-state index contributed by atoms with van der Waals surface area (Å²) < 4.78 is 0.995. The van der Waals surface area contributed by atoms with E-state index in [4.69, 9.17) is 23.2 Å². The molecule has 1 N–H and O–H groups in total. The zero-order valence-corrected chi connectivity index (χ0v) is 16.5. The maximum absolute atomic E-state index is 12.3. The fourth-order valence-corrected chi connectivity index (χ4v) is 2.89. The first-order valence-electron chi connectivity index (χ1n) is 7.68. The van der Waals surface area contributed by atoms with Crippen LogP contribution in [-0.4, -0.2) is 12.1 Å². The van der Waals surface area contributed by atoms with Crippen molar-refractivity contribution in [1.82, 2.24) is 0 Å². The average Bonchev–Trinajstić information content (AvgIpc) is 2.65. The molecular formula is C20H13BrCl2N2O. The molecule has 26 heavy (non-hydrogen) atoms. The molecule has 130 valence electrons. The highest BCUT2D eigenvalue weighted by molar-refractivity contribution is 9.10. The number of nitrogens with one attached hydrogen (secondary N) is 1. The molecule has 0 fully saturated rings. The van der Waals surface area contributed by atoms with Crippen LogP contribution < -0.4 is 5.32 Å². The fraction of sp³-hybridized carbons (Fsp3) is 0. The number of rotatable bonds is 4. The van der Waals surface area contributed by atoms with Gasteiger partial charge < -0.3 is 5.32 Å². The molecular weight excluding hydrogens is 435 g/mol. The predicted molar refractivity (Wildman–Crippen MR) is 112 cm³/mol. The molecule has 0 saturated heterocycles. The van der Waals surface area contributed by atoms with Crippen molar-refractivity contribution in [2.45, 2.75) is 0 Å². The zero-order valence-electron chi connectivity index (χ0n) is 13.4. The van der Waals surface area contributed by atoms with E-state index in [1.54, 1.807) is 42.6 Å². The van der Waals surface area contributed by atoms with E-state index >= 15 is 0 Å². The third-order valence-electron chi connectivity index (χ3n) is 3.54. The van der Waals surface area contributed by atoms with Crippen molar-refractivity contribution in [3.05, 3.63) is 92.4 Å². The topological polar surface area (TPSA) is 41.5 Å². The molecule has 3 nitrogen and oxygen atoms in total. The lowest BCUT2D eigenvalue weighted by atomic mass is 10.2. The van der Waals surface area contributed by atoms with Crippen molar-refractivity contribution in [3.8, 4) is 0 Å². The van der Waals surface area contributed by atoms with Crippen molar-refractivity contribution >= 4 is 62.6 Å². The summed E-state index contributed by atoms with van der Waals surface area (Å²) in [6, 6.07) is 19.8. The molecule has 1 amide bonds. The minimum Gasteiger partial charge on any atom is -0.321 e. The smallest absolute Gasteiger partial charge is 0.255 e. The van der Waals surface area contributed by atoms with Crippen LogP contribution in [-0.2, 0) is 0 Å². The molecule has 0 aliphatic carbocycles. The Bertz CT molecular complexity index is 958. The summed E-state index contributed by atoms with van der Waals surface area (Å²) in [5, 5.41) is 3.52. The van der Waals surface area contributed by atoms with Crippen LogP contribution in [0.4, 0.5) is 11.4 Å². The van der Waals surface area contributed by atoms with Crippen molar-refractivity contribution in [3.63, 3.8) is 0 Å². The second-order valence-corrected chi connectivity index (χ2v) is 7.14. The third-order valence-corrected chi connectivity index (χ3v) is 4.69. The number of benzene rings is 3. The average molecular weight is 448 g/mol. The van der Waals surface area contributed by atoms with E-state index in [2.05, 4.69) is 26.2 Å². The predicted octanol–water partition coefficient (Wildman–Crippen LogP) is 6.76. The Balaban J connectivity index is 1.80. The van der Waals surface area contributed by atoms with Crippen LogP contribution >= 0.6 is 39.1 Å². The number of amides is 1. The Hall–Kier alpha value is -2.14. The monoisotopic (exact) mass is 446 g/mol. The number of hydrogen-bond donors (Lipinski definition) is 1. The van der Waals surface area contributed by atoms with Gasteiger partial charge in [-0.05, 0) is 42.0 Å². The first kappa shape index (κ1) is 18.6. The summed E-state index contributed by atoms with van der Waals surface area (Å²) in [6.45, 7) is 0. The second-order valence-electron chi connectivity index (χ2n) is 5.41. The standard InChI is InChI=1S/C20H13BrCl2N2O/c21-15-8-6-13(7-9-15)12-24-18-10-17(23)19(11-16(18)22)25-20(26)14-4-2-1-3-5-14/h1-12H,(H,25,26). The van der Waals surface area contributed by atoms with Gasteiger partial charge in [0.15, 0.2) is 0 Å². The third kappa shape index (κ3) is 4.73. The normalized spacial score (nSPS) is 10.9. The quantitative estimate of drug-likeness (QED) is 0.441. The zero-order chi connectivity index (χ0) is 18.5. The fourth-order valence-electron chi connectivity index (χ4n) is 2.21. The van der Waals surface area contributed by atoms with Crippen LogP contribution in [0.25, 0.3) is 0 Å². The van der Waals surface area contributed by atoms with E-state index in [0.717, 1.165) is 10.0 Å². The SMILES string of the molecule is O=C(Nc1cc(Cl)c(N=Cc2ccc(Br)cc2)cc1Cl)c1ccccc1. The van der Waals surface area contributed by atoms with Gasteiger partial charge in [-0.25, -0.2) is 0 Å². The summed E-state index contributed by atoms with van der Waals surface area (Å²) in [6.07, 6.45) is 1.70. The Labute approximate surface area is 169 Å². The number of carbonyl (C=O) groups excluding carboxylic acids is 1. The molecule has 0 spiro atoms. The van der Waals surface area contributed by atoms with Crippen LogP contribution in [0.5, 0.6) is 0 Å². The van der Waals surface area contributed by atoms with Gasteiger partial charge in [0.25, 0.3) is 5.91 Å². The summed E-state index contributed by atoms with van der Waals surface area (Å²) in [5.74, 6) is -0.255. The molecule has 0 unspecified atom stereocenters. The van der Waals surface area contributed by atoms with Gasteiger partial charge in [-0.3, -0.25) is 9.79 Å². The molecule has 0 radical (unpaired) electrons. The maximum atomic E-state index is 12.3. The molecule has 0 aliphatic rings. The van der Waals surface area contributed by atoms with Crippen LogP contribution in [0, 0.1) is 0 Å². The van der Waals surface area contributed by atoms with Crippen LogP contribution in [0.2, 0.25) is 10.0 Å².